The maximum absolute atomic E-state index is 5.67. The summed E-state index contributed by atoms with van der Waals surface area (Å²) >= 11 is 0. The van der Waals surface area contributed by atoms with Gasteiger partial charge in [0, 0.05) is 18.6 Å². The van der Waals surface area contributed by atoms with E-state index >= 15 is 0 Å². The van der Waals surface area contributed by atoms with Crippen LogP contribution in [0.25, 0.3) is 0 Å². The number of rotatable bonds is 5. The largest absolute Gasteiger partial charge is 0.497 e. The molecule has 100 valence electrons. The summed E-state index contributed by atoms with van der Waals surface area (Å²) in [5.74, 6) is 1.53. The molecule has 1 fully saturated rings. The molecule has 3 heteroatoms. The second-order valence-corrected chi connectivity index (χ2v) is 4.98. The van der Waals surface area contributed by atoms with E-state index in [1.807, 2.05) is 13.1 Å². The molecule has 2 rings (SSSR count). The lowest BCUT2D eigenvalue weighted by atomic mass is 9.89. The van der Waals surface area contributed by atoms with Crippen LogP contribution in [0, 0.1) is 5.92 Å². The molecule has 0 bridgehead atoms. The molecule has 0 spiro atoms. The van der Waals surface area contributed by atoms with Crippen molar-refractivity contribution in [2.75, 3.05) is 20.8 Å². The molecule has 1 N–H and O–H groups in total. The number of nitrogens with one attached hydrogen (secondary N) is 1. The fraction of sp³-hybridized carbons (Fsp3) is 0.600. The van der Waals surface area contributed by atoms with Crippen molar-refractivity contribution >= 4 is 0 Å². The van der Waals surface area contributed by atoms with E-state index in [9.17, 15) is 0 Å². The predicted octanol–water partition coefficient (Wildman–Crippen LogP) is 2.25. The summed E-state index contributed by atoms with van der Waals surface area (Å²) in [7, 11) is 3.75. The second-order valence-electron chi connectivity index (χ2n) is 4.98. The number of hydrogen-bond acceptors (Lipinski definition) is 3. The minimum atomic E-state index is 0.355. The summed E-state index contributed by atoms with van der Waals surface area (Å²) in [5, 5.41) is 3.44. The average molecular weight is 249 g/mol. The summed E-state index contributed by atoms with van der Waals surface area (Å²) in [6, 6.07) is 8.78. The van der Waals surface area contributed by atoms with Crippen molar-refractivity contribution in [2.24, 2.45) is 5.92 Å². The van der Waals surface area contributed by atoms with Gasteiger partial charge in [0.1, 0.15) is 5.75 Å². The zero-order chi connectivity index (χ0) is 13.0. The Kier molecular flexibility index (Phi) is 4.61. The van der Waals surface area contributed by atoms with Crippen LogP contribution in [0.2, 0.25) is 0 Å². The van der Waals surface area contributed by atoms with Gasteiger partial charge in [-0.15, -0.1) is 0 Å². The summed E-state index contributed by atoms with van der Waals surface area (Å²) in [5.41, 5.74) is 1.31. The molecule has 18 heavy (non-hydrogen) atoms. The highest BCUT2D eigenvalue weighted by Crippen LogP contribution is 2.26. The molecule has 0 aliphatic carbocycles. The van der Waals surface area contributed by atoms with Gasteiger partial charge in [-0.1, -0.05) is 12.1 Å². The Balaban J connectivity index is 2.05. The monoisotopic (exact) mass is 249 g/mol. The van der Waals surface area contributed by atoms with Crippen molar-refractivity contribution in [1.82, 2.24) is 5.32 Å². The van der Waals surface area contributed by atoms with Crippen LogP contribution in [0.4, 0.5) is 0 Å². The van der Waals surface area contributed by atoms with Gasteiger partial charge in [-0.2, -0.15) is 0 Å². The highest BCUT2D eigenvalue weighted by molar-refractivity contribution is 5.29. The predicted molar refractivity (Wildman–Crippen MR) is 73.1 cm³/mol. The minimum absolute atomic E-state index is 0.355. The lowest BCUT2D eigenvalue weighted by Gasteiger charge is -2.25. The molecular formula is C15H23NO2. The molecule has 0 amide bonds. The molecule has 1 aromatic rings. The Morgan fingerprint density at radius 3 is 2.94 bits per heavy atom. The number of hydrogen-bond donors (Lipinski definition) is 1. The molecular weight excluding hydrogens is 226 g/mol. The van der Waals surface area contributed by atoms with E-state index in [0.29, 0.717) is 18.1 Å². The minimum Gasteiger partial charge on any atom is -0.497 e. The Hall–Kier alpha value is -1.06. The average Bonchev–Trinajstić information content (AvgIpc) is 2.82. The fourth-order valence-corrected chi connectivity index (χ4v) is 2.80. The van der Waals surface area contributed by atoms with E-state index in [4.69, 9.17) is 9.47 Å². The first-order valence-electron chi connectivity index (χ1n) is 6.66. The smallest absolute Gasteiger partial charge is 0.119 e. The lowest BCUT2D eigenvalue weighted by Crippen LogP contribution is -2.38. The third-order valence-electron chi connectivity index (χ3n) is 3.91. The third kappa shape index (κ3) is 3.03. The number of ether oxygens (including phenoxy) is 2. The molecule has 1 aromatic carbocycles. The molecule has 3 unspecified atom stereocenters. The van der Waals surface area contributed by atoms with E-state index in [1.54, 1.807) is 7.11 Å². The Labute approximate surface area is 109 Å². The number of methoxy groups -OCH3 is 1. The molecule has 0 radical (unpaired) electrons. The van der Waals surface area contributed by atoms with Crippen LogP contribution in [0.5, 0.6) is 5.75 Å². The molecule has 1 aliphatic heterocycles. The molecule has 0 aromatic heterocycles. The van der Waals surface area contributed by atoms with Crippen molar-refractivity contribution in [2.45, 2.75) is 31.9 Å². The normalized spacial score (nSPS) is 25.1. The Morgan fingerprint density at radius 1 is 1.50 bits per heavy atom. The van der Waals surface area contributed by atoms with Crippen LogP contribution in [0.3, 0.4) is 0 Å². The summed E-state index contributed by atoms with van der Waals surface area (Å²) in [6.45, 7) is 3.07. The highest BCUT2D eigenvalue weighted by Gasteiger charge is 2.30. The van der Waals surface area contributed by atoms with Crippen LogP contribution in [0.1, 0.15) is 18.9 Å². The van der Waals surface area contributed by atoms with E-state index in [0.717, 1.165) is 25.2 Å². The molecule has 3 atom stereocenters. The summed E-state index contributed by atoms with van der Waals surface area (Å²) in [6.07, 6.45) is 2.52. The maximum Gasteiger partial charge on any atom is 0.119 e. The molecule has 1 aliphatic rings. The Bertz CT molecular complexity index is 381. The first kappa shape index (κ1) is 13.4. The van der Waals surface area contributed by atoms with Gasteiger partial charge >= 0.3 is 0 Å². The maximum atomic E-state index is 5.67. The second kappa shape index (κ2) is 6.21. The van der Waals surface area contributed by atoms with Crippen LogP contribution in [-0.2, 0) is 11.2 Å². The lowest BCUT2D eigenvalue weighted by molar-refractivity contribution is 0.0963. The van der Waals surface area contributed by atoms with Gasteiger partial charge < -0.3 is 14.8 Å². The van der Waals surface area contributed by atoms with Gasteiger partial charge in [0.25, 0.3) is 0 Å². The SMILES string of the molecule is CNC(Cc1cccc(OC)c1)C1CCOC1C. The van der Waals surface area contributed by atoms with Gasteiger partial charge in [-0.25, -0.2) is 0 Å². The van der Waals surface area contributed by atoms with E-state index < -0.39 is 0 Å². The fourth-order valence-electron chi connectivity index (χ4n) is 2.80. The molecule has 3 nitrogen and oxygen atoms in total. The van der Waals surface area contributed by atoms with Crippen molar-refractivity contribution in [1.29, 1.82) is 0 Å². The van der Waals surface area contributed by atoms with E-state index in [2.05, 4.69) is 30.4 Å². The summed E-state index contributed by atoms with van der Waals surface area (Å²) < 4.78 is 10.9. The van der Waals surface area contributed by atoms with Crippen LogP contribution in [-0.4, -0.2) is 32.9 Å². The van der Waals surface area contributed by atoms with Crippen LogP contribution >= 0.6 is 0 Å². The first-order valence-corrected chi connectivity index (χ1v) is 6.66. The van der Waals surface area contributed by atoms with Gasteiger partial charge in [-0.05, 0) is 44.5 Å². The Morgan fingerprint density at radius 2 is 2.33 bits per heavy atom. The molecule has 1 heterocycles. The van der Waals surface area contributed by atoms with E-state index in [-0.39, 0.29) is 0 Å². The summed E-state index contributed by atoms with van der Waals surface area (Å²) in [4.78, 5) is 0. The van der Waals surface area contributed by atoms with Gasteiger partial charge in [0.15, 0.2) is 0 Å². The third-order valence-corrected chi connectivity index (χ3v) is 3.91. The topological polar surface area (TPSA) is 30.5 Å². The van der Waals surface area contributed by atoms with Crippen LogP contribution < -0.4 is 10.1 Å². The zero-order valence-electron chi connectivity index (χ0n) is 11.5. The number of benzene rings is 1. The quantitative estimate of drug-likeness (QED) is 0.868. The van der Waals surface area contributed by atoms with Crippen molar-refractivity contribution in [3.8, 4) is 5.75 Å². The van der Waals surface area contributed by atoms with Gasteiger partial charge in [0.2, 0.25) is 0 Å². The van der Waals surface area contributed by atoms with Gasteiger partial charge in [0.05, 0.1) is 13.2 Å². The van der Waals surface area contributed by atoms with Crippen LogP contribution in [0.15, 0.2) is 24.3 Å². The van der Waals surface area contributed by atoms with Crippen molar-refractivity contribution in [3.05, 3.63) is 29.8 Å². The molecule has 1 saturated heterocycles. The zero-order valence-corrected chi connectivity index (χ0v) is 11.5. The molecule has 0 saturated carbocycles. The highest BCUT2D eigenvalue weighted by atomic mass is 16.5. The number of likely N-dealkylation sites (N-methyl/N-ethyl adjacent to an activating group) is 1. The van der Waals surface area contributed by atoms with E-state index in [1.165, 1.54) is 5.56 Å². The van der Waals surface area contributed by atoms with Gasteiger partial charge in [-0.3, -0.25) is 0 Å². The van der Waals surface area contributed by atoms with Crippen molar-refractivity contribution < 1.29 is 9.47 Å². The standard InChI is InChI=1S/C15H23NO2/c1-11-14(7-8-18-11)15(16-2)10-12-5-4-6-13(9-12)17-3/h4-6,9,11,14-16H,7-8,10H2,1-3H3. The van der Waals surface area contributed by atoms with Crippen molar-refractivity contribution in [3.63, 3.8) is 0 Å². The first-order chi connectivity index (χ1) is 8.74.